The van der Waals surface area contributed by atoms with E-state index in [1.54, 1.807) is 24.5 Å². The Kier molecular flexibility index (Phi) is 3.00. The first-order valence-corrected chi connectivity index (χ1v) is 4.98. The summed E-state index contributed by atoms with van der Waals surface area (Å²) in [5.74, 6) is 0.118. The molecule has 0 aliphatic rings. The fourth-order valence-corrected chi connectivity index (χ4v) is 1.37. The standard InChI is InChI=1S/C12H12N2O2/c1-9-7-13-5-4-10(9)8-14-12(15)11-3-2-6-16-11/h2-7H,8H2,1H3,(H,14,15). The molecule has 0 spiro atoms. The summed E-state index contributed by atoms with van der Waals surface area (Å²) in [6, 6.07) is 5.21. The number of furan rings is 1. The van der Waals surface area contributed by atoms with E-state index in [1.807, 2.05) is 13.0 Å². The van der Waals surface area contributed by atoms with E-state index in [4.69, 9.17) is 4.42 Å². The van der Waals surface area contributed by atoms with Crippen LogP contribution in [0.1, 0.15) is 21.7 Å². The predicted octanol–water partition coefficient (Wildman–Crippen LogP) is 1.91. The zero-order valence-electron chi connectivity index (χ0n) is 8.93. The molecule has 4 heteroatoms. The Morgan fingerprint density at radius 1 is 1.50 bits per heavy atom. The molecular formula is C12H12N2O2. The lowest BCUT2D eigenvalue weighted by molar-refractivity contribution is 0.0923. The molecule has 0 aliphatic heterocycles. The summed E-state index contributed by atoms with van der Waals surface area (Å²) in [6.07, 6.45) is 4.96. The number of nitrogens with zero attached hydrogens (tertiary/aromatic N) is 1. The molecule has 1 amide bonds. The Morgan fingerprint density at radius 2 is 2.38 bits per heavy atom. The molecule has 1 N–H and O–H groups in total. The molecule has 16 heavy (non-hydrogen) atoms. The average molecular weight is 216 g/mol. The number of hydrogen-bond donors (Lipinski definition) is 1. The molecule has 0 radical (unpaired) electrons. The van der Waals surface area contributed by atoms with Gasteiger partial charge in [0, 0.05) is 18.9 Å². The summed E-state index contributed by atoms with van der Waals surface area (Å²) in [5, 5.41) is 2.78. The van der Waals surface area contributed by atoms with Crippen molar-refractivity contribution in [2.75, 3.05) is 0 Å². The molecule has 0 bridgehead atoms. The minimum atomic E-state index is -0.207. The van der Waals surface area contributed by atoms with Crippen molar-refractivity contribution in [1.29, 1.82) is 0 Å². The van der Waals surface area contributed by atoms with Crippen molar-refractivity contribution in [3.8, 4) is 0 Å². The molecule has 0 saturated heterocycles. The van der Waals surface area contributed by atoms with E-state index < -0.39 is 0 Å². The molecule has 0 aromatic carbocycles. The summed E-state index contributed by atoms with van der Waals surface area (Å²) in [6.45, 7) is 2.44. The maximum absolute atomic E-state index is 11.6. The zero-order valence-corrected chi connectivity index (χ0v) is 8.93. The van der Waals surface area contributed by atoms with Gasteiger partial charge in [-0.15, -0.1) is 0 Å². The van der Waals surface area contributed by atoms with Crippen LogP contribution in [-0.2, 0) is 6.54 Å². The van der Waals surface area contributed by atoms with Gasteiger partial charge in [0.25, 0.3) is 5.91 Å². The van der Waals surface area contributed by atoms with Crippen molar-refractivity contribution in [3.05, 3.63) is 53.7 Å². The highest BCUT2D eigenvalue weighted by Gasteiger charge is 2.07. The van der Waals surface area contributed by atoms with Crippen LogP contribution in [0.25, 0.3) is 0 Å². The minimum Gasteiger partial charge on any atom is -0.459 e. The molecule has 0 atom stereocenters. The summed E-state index contributed by atoms with van der Waals surface area (Å²) in [5.41, 5.74) is 2.11. The molecular weight excluding hydrogens is 204 g/mol. The lowest BCUT2D eigenvalue weighted by Gasteiger charge is -2.05. The van der Waals surface area contributed by atoms with Gasteiger partial charge >= 0.3 is 0 Å². The third-order valence-corrected chi connectivity index (χ3v) is 2.32. The van der Waals surface area contributed by atoms with Gasteiger partial charge < -0.3 is 9.73 Å². The molecule has 2 aromatic heterocycles. The second-order valence-electron chi connectivity index (χ2n) is 3.46. The molecule has 0 fully saturated rings. The molecule has 0 unspecified atom stereocenters. The van der Waals surface area contributed by atoms with E-state index in [1.165, 1.54) is 6.26 Å². The maximum atomic E-state index is 11.6. The first-order valence-electron chi connectivity index (χ1n) is 4.98. The van der Waals surface area contributed by atoms with Crippen molar-refractivity contribution in [3.63, 3.8) is 0 Å². The number of pyridine rings is 1. The SMILES string of the molecule is Cc1cnccc1CNC(=O)c1ccco1. The van der Waals surface area contributed by atoms with Crippen molar-refractivity contribution in [2.24, 2.45) is 0 Å². The van der Waals surface area contributed by atoms with E-state index in [2.05, 4.69) is 10.3 Å². The van der Waals surface area contributed by atoms with E-state index in [9.17, 15) is 4.79 Å². The highest BCUT2D eigenvalue weighted by Crippen LogP contribution is 2.05. The van der Waals surface area contributed by atoms with Gasteiger partial charge in [0.15, 0.2) is 5.76 Å². The van der Waals surface area contributed by atoms with Crippen LogP contribution < -0.4 is 5.32 Å². The Bertz CT molecular complexity index is 478. The topological polar surface area (TPSA) is 55.1 Å². The number of rotatable bonds is 3. The van der Waals surface area contributed by atoms with Crippen LogP contribution in [0.15, 0.2) is 41.3 Å². The van der Waals surface area contributed by atoms with E-state index >= 15 is 0 Å². The number of hydrogen-bond acceptors (Lipinski definition) is 3. The third kappa shape index (κ3) is 2.28. The summed E-state index contributed by atoms with van der Waals surface area (Å²) in [7, 11) is 0. The lowest BCUT2D eigenvalue weighted by Crippen LogP contribution is -2.22. The molecule has 2 heterocycles. The Balaban J connectivity index is 1.98. The van der Waals surface area contributed by atoms with Crippen LogP contribution in [0.5, 0.6) is 0 Å². The Labute approximate surface area is 93.3 Å². The smallest absolute Gasteiger partial charge is 0.287 e. The summed E-state index contributed by atoms with van der Waals surface area (Å²) >= 11 is 0. The number of nitrogens with one attached hydrogen (secondary N) is 1. The van der Waals surface area contributed by atoms with Gasteiger partial charge in [0.1, 0.15) is 0 Å². The monoisotopic (exact) mass is 216 g/mol. The van der Waals surface area contributed by atoms with Gasteiger partial charge in [-0.2, -0.15) is 0 Å². The van der Waals surface area contributed by atoms with Crippen molar-refractivity contribution in [2.45, 2.75) is 13.5 Å². The Hall–Kier alpha value is -2.10. The second kappa shape index (κ2) is 4.61. The van der Waals surface area contributed by atoms with Crippen LogP contribution in [0, 0.1) is 6.92 Å². The number of amides is 1. The molecule has 2 aromatic rings. The quantitative estimate of drug-likeness (QED) is 0.852. The number of carbonyl (C=O) groups excluding carboxylic acids is 1. The molecule has 82 valence electrons. The first kappa shape index (κ1) is 10.4. The molecule has 0 aliphatic carbocycles. The van der Waals surface area contributed by atoms with Gasteiger partial charge in [-0.05, 0) is 36.2 Å². The fraction of sp³-hybridized carbons (Fsp3) is 0.167. The molecule has 2 rings (SSSR count). The van der Waals surface area contributed by atoms with E-state index in [-0.39, 0.29) is 5.91 Å². The van der Waals surface area contributed by atoms with E-state index in [0.717, 1.165) is 11.1 Å². The maximum Gasteiger partial charge on any atom is 0.287 e. The Morgan fingerprint density at radius 3 is 3.06 bits per heavy atom. The molecule has 0 saturated carbocycles. The highest BCUT2D eigenvalue weighted by atomic mass is 16.3. The summed E-state index contributed by atoms with van der Waals surface area (Å²) < 4.78 is 4.99. The van der Waals surface area contributed by atoms with Gasteiger partial charge in [-0.25, -0.2) is 0 Å². The number of aryl methyl sites for hydroxylation is 1. The first-order chi connectivity index (χ1) is 7.77. The highest BCUT2D eigenvalue weighted by molar-refractivity contribution is 5.91. The van der Waals surface area contributed by atoms with Gasteiger partial charge in [-0.3, -0.25) is 9.78 Å². The van der Waals surface area contributed by atoms with Crippen LogP contribution in [0.3, 0.4) is 0 Å². The van der Waals surface area contributed by atoms with Gasteiger partial charge in [-0.1, -0.05) is 0 Å². The number of carbonyl (C=O) groups is 1. The third-order valence-electron chi connectivity index (χ3n) is 2.32. The van der Waals surface area contributed by atoms with Gasteiger partial charge in [0.2, 0.25) is 0 Å². The average Bonchev–Trinajstić information content (AvgIpc) is 2.81. The van der Waals surface area contributed by atoms with Crippen LogP contribution in [0.2, 0.25) is 0 Å². The van der Waals surface area contributed by atoms with Crippen molar-refractivity contribution >= 4 is 5.91 Å². The van der Waals surface area contributed by atoms with Gasteiger partial charge in [0.05, 0.1) is 6.26 Å². The predicted molar refractivity (Wildman–Crippen MR) is 58.9 cm³/mol. The fourth-order valence-electron chi connectivity index (χ4n) is 1.37. The lowest BCUT2D eigenvalue weighted by atomic mass is 10.1. The van der Waals surface area contributed by atoms with Crippen LogP contribution in [-0.4, -0.2) is 10.9 Å². The number of aromatic nitrogens is 1. The second-order valence-corrected chi connectivity index (χ2v) is 3.46. The van der Waals surface area contributed by atoms with E-state index in [0.29, 0.717) is 12.3 Å². The normalized spacial score (nSPS) is 10.1. The van der Waals surface area contributed by atoms with Crippen LogP contribution >= 0.6 is 0 Å². The zero-order chi connectivity index (χ0) is 11.4. The minimum absolute atomic E-state index is 0.207. The summed E-state index contributed by atoms with van der Waals surface area (Å²) in [4.78, 5) is 15.6. The largest absolute Gasteiger partial charge is 0.459 e. The van der Waals surface area contributed by atoms with Crippen LogP contribution in [0.4, 0.5) is 0 Å². The van der Waals surface area contributed by atoms with Crippen molar-refractivity contribution < 1.29 is 9.21 Å². The molecule has 4 nitrogen and oxygen atoms in total. The van der Waals surface area contributed by atoms with Crippen molar-refractivity contribution in [1.82, 2.24) is 10.3 Å².